The van der Waals surface area contributed by atoms with Gasteiger partial charge in [0.25, 0.3) is 0 Å². The fraction of sp³-hybridized carbons (Fsp3) is 0.222. The monoisotopic (exact) mass is 242 g/mol. The number of hydrogen-bond acceptors (Lipinski definition) is 5. The third-order valence-electron chi connectivity index (χ3n) is 1.86. The Morgan fingerprint density at radius 3 is 3.00 bits per heavy atom. The van der Waals surface area contributed by atoms with E-state index < -0.39 is 5.82 Å². The molecule has 0 amide bonds. The third-order valence-corrected chi connectivity index (χ3v) is 2.06. The minimum Gasteiger partial charge on any atom is -0.367 e. The molecule has 2 heterocycles. The summed E-state index contributed by atoms with van der Waals surface area (Å²) in [6.45, 7) is 0.463. The zero-order chi connectivity index (χ0) is 11.4. The van der Waals surface area contributed by atoms with Crippen LogP contribution in [0.2, 0.25) is 5.02 Å². The molecule has 16 heavy (non-hydrogen) atoms. The Morgan fingerprint density at radius 2 is 2.31 bits per heavy atom. The van der Waals surface area contributed by atoms with Gasteiger partial charge in [0.15, 0.2) is 17.5 Å². The number of hydrogen-bond donors (Lipinski definition) is 1. The van der Waals surface area contributed by atoms with Crippen molar-refractivity contribution in [1.29, 1.82) is 0 Å². The van der Waals surface area contributed by atoms with Crippen LogP contribution in [0, 0.1) is 5.82 Å². The van der Waals surface area contributed by atoms with E-state index >= 15 is 0 Å². The Morgan fingerprint density at radius 1 is 1.44 bits per heavy atom. The molecule has 0 saturated heterocycles. The van der Waals surface area contributed by atoms with Crippen LogP contribution in [0.3, 0.4) is 0 Å². The lowest BCUT2D eigenvalue weighted by atomic mass is 10.4. The van der Waals surface area contributed by atoms with Crippen molar-refractivity contribution in [3.63, 3.8) is 0 Å². The first-order chi connectivity index (χ1) is 7.75. The SMILES string of the molecule is Fc1cc(Cl)cnc1NCCc1ncon1. The molecule has 0 saturated carbocycles. The fourth-order valence-electron chi connectivity index (χ4n) is 1.14. The number of nitrogens with zero attached hydrogens (tertiary/aromatic N) is 3. The molecule has 84 valence electrons. The second-order valence-electron chi connectivity index (χ2n) is 3.01. The van der Waals surface area contributed by atoms with Crippen LogP contribution in [-0.2, 0) is 6.42 Å². The zero-order valence-corrected chi connectivity index (χ0v) is 8.91. The van der Waals surface area contributed by atoms with E-state index in [1.54, 1.807) is 0 Å². The van der Waals surface area contributed by atoms with Crippen molar-refractivity contribution < 1.29 is 8.91 Å². The number of rotatable bonds is 4. The summed E-state index contributed by atoms with van der Waals surface area (Å²) >= 11 is 5.57. The van der Waals surface area contributed by atoms with Crippen molar-refractivity contribution in [2.45, 2.75) is 6.42 Å². The average Bonchev–Trinajstić information content (AvgIpc) is 2.74. The smallest absolute Gasteiger partial charge is 0.213 e. The number of halogens is 2. The van der Waals surface area contributed by atoms with E-state index in [1.807, 2.05) is 0 Å². The van der Waals surface area contributed by atoms with Crippen LogP contribution in [-0.4, -0.2) is 21.7 Å². The summed E-state index contributed by atoms with van der Waals surface area (Å²) in [4.78, 5) is 7.65. The van der Waals surface area contributed by atoms with Crippen LogP contribution >= 0.6 is 11.6 Å². The predicted molar refractivity (Wildman–Crippen MR) is 55.7 cm³/mol. The highest BCUT2D eigenvalue weighted by molar-refractivity contribution is 6.30. The maximum Gasteiger partial charge on any atom is 0.213 e. The zero-order valence-electron chi connectivity index (χ0n) is 8.15. The molecule has 0 spiro atoms. The number of aromatic nitrogens is 3. The summed E-state index contributed by atoms with van der Waals surface area (Å²) in [7, 11) is 0. The summed E-state index contributed by atoms with van der Waals surface area (Å²) in [6.07, 6.45) is 3.15. The van der Waals surface area contributed by atoms with Crippen molar-refractivity contribution in [3.8, 4) is 0 Å². The van der Waals surface area contributed by atoms with Crippen molar-refractivity contribution in [3.05, 3.63) is 35.3 Å². The van der Waals surface area contributed by atoms with Gasteiger partial charge in [-0.3, -0.25) is 0 Å². The first-order valence-corrected chi connectivity index (χ1v) is 4.93. The normalized spacial score (nSPS) is 10.4. The maximum absolute atomic E-state index is 13.3. The first kappa shape index (κ1) is 10.8. The third kappa shape index (κ3) is 2.66. The molecule has 5 nitrogen and oxygen atoms in total. The van der Waals surface area contributed by atoms with Crippen LogP contribution in [0.5, 0.6) is 0 Å². The molecule has 2 aromatic rings. The van der Waals surface area contributed by atoms with E-state index in [0.29, 0.717) is 18.8 Å². The summed E-state index contributed by atoms with van der Waals surface area (Å²) < 4.78 is 17.8. The quantitative estimate of drug-likeness (QED) is 0.887. The highest BCUT2D eigenvalue weighted by Gasteiger charge is 2.04. The lowest BCUT2D eigenvalue weighted by Gasteiger charge is -2.04. The van der Waals surface area contributed by atoms with Crippen LogP contribution in [0.1, 0.15) is 5.82 Å². The molecule has 0 aliphatic carbocycles. The molecule has 0 aromatic carbocycles. The van der Waals surface area contributed by atoms with Gasteiger partial charge >= 0.3 is 0 Å². The summed E-state index contributed by atoms with van der Waals surface area (Å²) in [5.41, 5.74) is 0. The van der Waals surface area contributed by atoms with Crippen molar-refractivity contribution in [2.75, 3.05) is 11.9 Å². The van der Waals surface area contributed by atoms with Crippen molar-refractivity contribution in [1.82, 2.24) is 15.1 Å². The van der Waals surface area contributed by atoms with Gasteiger partial charge in [-0.05, 0) is 6.07 Å². The molecular weight excluding hydrogens is 235 g/mol. The molecule has 2 aromatic heterocycles. The number of pyridine rings is 1. The summed E-state index contributed by atoms with van der Waals surface area (Å²) in [5, 5.41) is 6.70. The van der Waals surface area contributed by atoms with Crippen molar-refractivity contribution in [2.24, 2.45) is 0 Å². The van der Waals surface area contributed by atoms with Crippen LogP contribution in [0.15, 0.2) is 23.2 Å². The largest absolute Gasteiger partial charge is 0.367 e. The van der Waals surface area contributed by atoms with E-state index in [1.165, 1.54) is 18.7 Å². The molecule has 0 aliphatic heterocycles. The molecule has 0 radical (unpaired) electrons. The standard InChI is InChI=1S/C9H8ClFN4O/c10-6-3-7(11)9(13-4-6)12-2-1-8-14-5-16-15-8/h3-5H,1-2H2,(H,12,13). The highest BCUT2D eigenvalue weighted by atomic mass is 35.5. The molecule has 0 fully saturated rings. The highest BCUT2D eigenvalue weighted by Crippen LogP contribution is 2.15. The van der Waals surface area contributed by atoms with Gasteiger partial charge in [-0.25, -0.2) is 9.37 Å². The topological polar surface area (TPSA) is 63.8 Å². The lowest BCUT2D eigenvalue weighted by Crippen LogP contribution is -2.08. The molecule has 2 rings (SSSR count). The second-order valence-corrected chi connectivity index (χ2v) is 3.44. The first-order valence-electron chi connectivity index (χ1n) is 4.56. The Bertz CT molecular complexity index is 463. The van der Waals surface area contributed by atoms with Crippen LogP contribution in [0.4, 0.5) is 10.2 Å². The van der Waals surface area contributed by atoms with E-state index in [9.17, 15) is 4.39 Å². The summed E-state index contributed by atoms with van der Waals surface area (Å²) in [6, 6.07) is 1.20. The Balaban J connectivity index is 1.90. The molecule has 0 atom stereocenters. The Kier molecular flexibility index (Phi) is 3.31. The van der Waals surface area contributed by atoms with Crippen LogP contribution < -0.4 is 5.32 Å². The maximum atomic E-state index is 13.3. The second kappa shape index (κ2) is 4.89. The van der Waals surface area contributed by atoms with Gasteiger partial charge in [0.1, 0.15) is 0 Å². The number of nitrogens with one attached hydrogen (secondary N) is 1. The van der Waals surface area contributed by atoms with E-state index in [0.717, 1.165) is 0 Å². The molecule has 0 aliphatic rings. The van der Waals surface area contributed by atoms with E-state index in [-0.39, 0.29) is 10.8 Å². The lowest BCUT2D eigenvalue weighted by molar-refractivity contribution is 0.410. The molecule has 0 unspecified atom stereocenters. The van der Waals surface area contributed by atoms with Gasteiger partial charge in [0.2, 0.25) is 6.39 Å². The average molecular weight is 243 g/mol. The molecule has 0 bridgehead atoms. The molecule has 1 N–H and O–H groups in total. The van der Waals surface area contributed by atoms with E-state index in [4.69, 9.17) is 11.6 Å². The van der Waals surface area contributed by atoms with Gasteiger partial charge < -0.3 is 9.84 Å². The Hall–Kier alpha value is -1.69. The molecule has 7 heteroatoms. The Labute approximate surface area is 95.6 Å². The van der Waals surface area contributed by atoms with Gasteiger partial charge in [0.05, 0.1) is 5.02 Å². The van der Waals surface area contributed by atoms with Gasteiger partial charge in [0, 0.05) is 19.2 Å². The summed E-state index contributed by atoms with van der Waals surface area (Å²) in [5.74, 6) is 0.232. The minimum absolute atomic E-state index is 0.160. The van der Waals surface area contributed by atoms with Gasteiger partial charge in [-0.2, -0.15) is 4.98 Å². The van der Waals surface area contributed by atoms with Crippen molar-refractivity contribution >= 4 is 17.4 Å². The predicted octanol–water partition coefficient (Wildman–Crippen LogP) is 1.91. The van der Waals surface area contributed by atoms with Gasteiger partial charge in [-0.1, -0.05) is 16.8 Å². The van der Waals surface area contributed by atoms with Gasteiger partial charge in [-0.15, -0.1) is 0 Å². The van der Waals surface area contributed by atoms with E-state index in [2.05, 4.69) is 25.0 Å². The molecular formula is C9H8ClFN4O. The number of anilines is 1. The minimum atomic E-state index is -0.486. The van der Waals surface area contributed by atoms with Crippen LogP contribution in [0.25, 0.3) is 0 Å². The fourth-order valence-corrected chi connectivity index (χ4v) is 1.28.